The Morgan fingerprint density at radius 1 is 1.12 bits per heavy atom. The molecule has 0 bridgehead atoms. The lowest BCUT2D eigenvalue weighted by Crippen LogP contribution is -2.45. The normalized spacial score (nSPS) is 12.7. The fourth-order valence-corrected chi connectivity index (χ4v) is 4.69. The summed E-state index contributed by atoms with van der Waals surface area (Å²) < 4.78 is 33.3. The Kier molecular flexibility index (Phi) is 10.0. The van der Waals surface area contributed by atoms with E-state index in [1.54, 1.807) is 18.3 Å². The third kappa shape index (κ3) is 7.75. The van der Waals surface area contributed by atoms with Gasteiger partial charge in [-0.3, -0.25) is 4.79 Å². The molecular weight excluding hydrogens is 516 g/mol. The van der Waals surface area contributed by atoms with Crippen molar-refractivity contribution in [3.8, 4) is 11.6 Å². The summed E-state index contributed by atoms with van der Waals surface area (Å²) in [6.45, 7) is 5.65. The molecule has 8 nitrogen and oxygen atoms in total. The minimum Gasteiger partial charge on any atom is -0.443 e. The first-order valence-corrected chi connectivity index (χ1v) is 13.6. The van der Waals surface area contributed by atoms with E-state index < -0.39 is 29.7 Å². The van der Waals surface area contributed by atoms with Crippen molar-refractivity contribution < 1.29 is 23.1 Å². The molecule has 10 heteroatoms. The van der Waals surface area contributed by atoms with Crippen molar-refractivity contribution in [3.63, 3.8) is 0 Å². The highest BCUT2D eigenvalue weighted by Crippen LogP contribution is 2.23. The molecule has 40 heavy (non-hydrogen) atoms. The second kappa shape index (κ2) is 13.8. The Labute approximate surface area is 232 Å². The molecule has 0 aliphatic rings. The van der Waals surface area contributed by atoms with Gasteiger partial charge < -0.3 is 24.7 Å². The van der Waals surface area contributed by atoms with E-state index >= 15 is 0 Å². The van der Waals surface area contributed by atoms with Gasteiger partial charge in [0, 0.05) is 36.6 Å². The third-order valence-corrected chi connectivity index (χ3v) is 6.57. The van der Waals surface area contributed by atoms with Crippen LogP contribution in [0.3, 0.4) is 0 Å². The Morgan fingerprint density at radius 2 is 1.88 bits per heavy atom. The number of amides is 1. The van der Waals surface area contributed by atoms with Crippen molar-refractivity contribution in [1.82, 2.24) is 20.3 Å². The quantitative estimate of drug-likeness (QED) is 0.196. The van der Waals surface area contributed by atoms with Crippen LogP contribution in [0.1, 0.15) is 54.7 Å². The minimum absolute atomic E-state index is 0.0364. The van der Waals surface area contributed by atoms with Crippen molar-refractivity contribution in [2.75, 3.05) is 18.0 Å². The number of halogens is 2. The molecule has 1 amide bonds. The molecular formula is C30H35F2N5O3. The van der Waals surface area contributed by atoms with Gasteiger partial charge in [-0.25, -0.2) is 18.7 Å². The van der Waals surface area contributed by atoms with Crippen molar-refractivity contribution in [3.05, 3.63) is 89.6 Å². The SMILES string of the molecule is CCCN(CCC)c1cc(C(=O)NC(Cc2cc(F)cc(F)c2)C(O)CCc2ccc[nH]2)cc(-c2ncco2)n1. The number of anilines is 1. The molecule has 4 rings (SSSR count). The van der Waals surface area contributed by atoms with E-state index in [0.29, 0.717) is 35.5 Å². The Bertz CT molecular complexity index is 1340. The number of aliphatic hydroxyl groups is 1. The first kappa shape index (κ1) is 28.9. The number of aliphatic hydroxyl groups excluding tert-OH is 1. The molecule has 0 aliphatic carbocycles. The predicted molar refractivity (Wildman–Crippen MR) is 149 cm³/mol. The van der Waals surface area contributed by atoms with Crippen LogP contribution in [0.15, 0.2) is 65.5 Å². The smallest absolute Gasteiger partial charge is 0.251 e. The fraction of sp³-hybridized carbons (Fsp3) is 0.367. The van der Waals surface area contributed by atoms with Crippen molar-refractivity contribution in [2.45, 2.75) is 58.1 Å². The van der Waals surface area contributed by atoms with E-state index in [0.717, 1.165) is 37.7 Å². The summed E-state index contributed by atoms with van der Waals surface area (Å²) >= 11 is 0. The molecule has 3 N–H and O–H groups in total. The molecule has 0 saturated carbocycles. The number of oxazole rings is 1. The standard InChI is InChI=1S/C30H35F2N5O3/c1-3-11-37(12-4-2)28-18-21(17-26(35-28)30-34-10-13-40-30)29(39)36-25(16-20-14-22(31)19-23(32)15-20)27(38)8-7-24-6-5-9-33-24/h5-6,9-10,13-15,17-19,25,27,33,38H,3-4,7-8,11-12,16H2,1-2H3,(H,36,39). The Morgan fingerprint density at radius 3 is 2.50 bits per heavy atom. The molecule has 3 aromatic heterocycles. The summed E-state index contributed by atoms with van der Waals surface area (Å²) in [5.74, 6) is -1.00. The van der Waals surface area contributed by atoms with Gasteiger partial charge in [-0.05, 0) is 74.1 Å². The van der Waals surface area contributed by atoms with Crippen LogP contribution in [0, 0.1) is 11.6 Å². The molecule has 2 atom stereocenters. The van der Waals surface area contributed by atoms with Crippen LogP contribution in [0.25, 0.3) is 11.6 Å². The van der Waals surface area contributed by atoms with E-state index in [1.807, 2.05) is 12.1 Å². The van der Waals surface area contributed by atoms with Gasteiger partial charge in [-0.1, -0.05) is 13.8 Å². The zero-order valence-corrected chi connectivity index (χ0v) is 22.7. The van der Waals surface area contributed by atoms with Crippen LogP contribution in [-0.4, -0.2) is 51.2 Å². The molecule has 1 aromatic carbocycles. The summed E-state index contributed by atoms with van der Waals surface area (Å²) in [6.07, 6.45) is 6.45. The van der Waals surface area contributed by atoms with Crippen molar-refractivity contribution in [2.24, 2.45) is 0 Å². The molecule has 0 aliphatic heterocycles. The van der Waals surface area contributed by atoms with E-state index in [4.69, 9.17) is 9.40 Å². The number of benzene rings is 1. The molecule has 0 spiro atoms. The summed E-state index contributed by atoms with van der Waals surface area (Å²) in [5, 5.41) is 14.0. The number of nitrogens with zero attached hydrogens (tertiary/aromatic N) is 3. The van der Waals surface area contributed by atoms with Crippen molar-refractivity contribution in [1.29, 1.82) is 0 Å². The first-order chi connectivity index (χ1) is 19.4. The lowest BCUT2D eigenvalue weighted by atomic mass is 9.97. The third-order valence-electron chi connectivity index (χ3n) is 6.57. The van der Waals surface area contributed by atoms with Crippen LogP contribution in [-0.2, 0) is 12.8 Å². The molecule has 2 unspecified atom stereocenters. The highest BCUT2D eigenvalue weighted by molar-refractivity contribution is 5.96. The van der Waals surface area contributed by atoms with Gasteiger partial charge in [-0.15, -0.1) is 0 Å². The number of carbonyl (C=O) groups excluding carboxylic acids is 1. The number of hydrogen-bond donors (Lipinski definition) is 3. The maximum absolute atomic E-state index is 13.9. The molecule has 0 fully saturated rings. The van der Waals surface area contributed by atoms with Crippen LogP contribution >= 0.6 is 0 Å². The summed E-state index contributed by atoms with van der Waals surface area (Å²) in [6, 6.07) is 9.46. The van der Waals surface area contributed by atoms with E-state index in [9.17, 15) is 18.7 Å². The van der Waals surface area contributed by atoms with Crippen molar-refractivity contribution >= 4 is 11.7 Å². The van der Waals surface area contributed by atoms with Gasteiger partial charge >= 0.3 is 0 Å². The minimum atomic E-state index is -0.984. The molecule has 0 radical (unpaired) electrons. The molecule has 0 saturated heterocycles. The van der Waals surface area contributed by atoms with E-state index in [1.165, 1.54) is 24.6 Å². The van der Waals surface area contributed by atoms with Gasteiger partial charge in [0.2, 0.25) is 5.89 Å². The molecule has 4 aromatic rings. The average molecular weight is 552 g/mol. The first-order valence-electron chi connectivity index (χ1n) is 13.6. The highest BCUT2D eigenvalue weighted by Gasteiger charge is 2.25. The van der Waals surface area contributed by atoms with E-state index in [2.05, 4.69) is 34.0 Å². The highest BCUT2D eigenvalue weighted by atomic mass is 19.1. The van der Waals surface area contributed by atoms with Gasteiger partial charge in [0.05, 0.1) is 18.3 Å². The fourth-order valence-electron chi connectivity index (χ4n) is 4.69. The summed E-state index contributed by atoms with van der Waals surface area (Å²) in [4.78, 5) is 27.8. The zero-order chi connectivity index (χ0) is 28.5. The zero-order valence-electron chi connectivity index (χ0n) is 22.7. The lowest BCUT2D eigenvalue weighted by molar-refractivity contribution is 0.0814. The van der Waals surface area contributed by atoms with Gasteiger partial charge in [0.1, 0.15) is 29.4 Å². The average Bonchev–Trinajstić information content (AvgIpc) is 3.65. The molecule has 212 valence electrons. The van der Waals surface area contributed by atoms with Gasteiger partial charge in [-0.2, -0.15) is 0 Å². The number of aromatic nitrogens is 3. The summed E-state index contributed by atoms with van der Waals surface area (Å²) in [7, 11) is 0. The Hall–Kier alpha value is -4.05. The van der Waals surface area contributed by atoms with Crippen LogP contribution < -0.4 is 10.2 Å². The maximum atomic E-state index is 13.9. The number of H-pyrrole nitrogens is 1. The van der Waals surface area contributed by atoms with Gasteiger partial charge in [0.25, 0.3) is 5.91 Å². The number of pyridine rings is 1. The maximum Gasteiger partial charge on any atom is 0.251 e. The van der Waals surface area contributed by atoms with Crippen LogP contribution in [0.2, 0.25) is 0 Å². The van der Waals surface area contributed by atoms with Crippen LogP contribution in [0.5, 0.6) is 0 Å². The molecule has 3 heterocycles. The topological polar surface area (TPSA) is 107 Å². The van der Waals surface area contributed by atoms with Crippen LogP contribution in [0.4, 0.5) is 14.6 Å². The number of nitrogens with one attached hydrogen (secondary N) is 2. The lowest BCUT2D eigenvalue weighted by Gasteiger charge is -2.26. The number of aromatic amines is 1. The monoisotopic (exact) mass is 551 g/mol. The van der Waals surface area contributed by atoms with Gasteiger partial charge in [0.15, 0.2) is 0 Å². The number of rotatable bonds is 14. The second-order valence-electron chi connectivity index (χ2n) is 9.79. The predicted octanol–water partition coefficient (Wildman–Crippen LogP) is 5.30. The largest absolute Gasteiger partial charge is 0.443 e. The second-order valence-corrected chi connectivity index (χ2v) is 9.79. The Balaban J connectivity index is 1.63. The van der Waals surface area contributed by atoms with E-state index in [-0.39, 0.29) is 12.3 Å². The number of aryl methyl sites for hydroxylation is 1. The number of hydrogen-bond acceptors (Lipinski definition) is 6. The summed E-state index contributed by atoms with van der Waals surface area (Å²) in [5.41, 5.74) is 1.97. The number of carbonyl (C=O) groups is 1.